The number of nitrogens with zero attached hydrogens (tertiary/aromatic N) is 4. The molecule has 3 aromatic rings. The lowest BCUT2D eigenvalue weighted by Gasteiger charge is -2.27. The van der Waals surface area contributed by atoms with Gasteiger partial charge in [-0.1, -0.05) is 12.1 Å². The molecule has 0 spiro atoms. The van der Waals surface area contributed by atoms with Gasteiger partial charge in [0.05, 0.1) is 31.1 Å². The molecule has 1 aromatic heterocycles. The maximum atomic E-state index is 5.68. The number of hydrogen-bond acceptors (Lipinski definition) is 6. The number of aliphatic imine (C=N–C) groups is 2. The lowest BCUT2D eigenvalue weighted by atomic mass is 10.1. The van der Waals surface area contributed by atoms with E-state index in [1.807, 2.05) is 49.5 Å². The zero-order chi connectivity index (χ0) is 21.9. The van der Waals surface area contributed by atoms with Crippen molar-refractivity contribution in [2.75, 3.05) is 13.7 Å². The maximum absolute atomic E-state index is 5.68. The molecule has 164 valence electrons. The number of H-pyrrole nitrogens is 1. The summed E-state index contributed by atoms with van der Waals surface area (Å²) in [5, 5.41) is 8.07. The van der Waals surface area contributed by atoms with Gasteiger partial charge < -0.3 is 9.47 Å². The molecule has 0 amide bonds. The number of amidine groups is 1. The molecule has 9 heteroatoms. The highest BCUT2D eigenvalue weighted by Gasteiger charge is 2.34. The van der Waals surface area contributed by atoms with Gasteiger partial charge in [0.1, 0.15) is 12.0 Å². The number of hydrazine groups is 1. The highest BCUT2D eigenvalue weighted by Crippen LogP contribution is 2.33. The third kappa shape index (κ3) is 3.78. The zero-order valence-electron chi connectivity index (χ0n) is 18.0. The van der Waals surface area contributed by atoms with Gasteiger partial charge in [-0.05, 0) is 49.2 Å². The van der Waals surface area contributed by atoms with E-state index in [0.717, 1.165) is 46.6 Å². The molecule has 3 heterocycles. The number of nitrogens with one attached hydrogen (secondary N) is 3. The second-order valence-electron chi connectivity index (χ2n) is 7.43. The summed E-state index contributed by atoms with van der Waals surface area (Å²) in [4.78, 5) is 11.6. The molecule has 32 heavy (non-hydrogen) atoms. The summed E-state index contributed by atoms with van der Waals surface area (Å²) in [6, 6.07) is 11.9. The molecule has 2 aromatic carbocycles. The van der Waals surface area contributed by atoms with Gasteiger partial charge in [-0.3, -0.25) is 15.4 Å². The average Bonchev–Trinajstić information content (AvgIpc) is 3.47. The summed E-state index contributed by atoms with van der Waals surface area (Å²) in [6.07, 6.45) is 7.26. The van der Waals surface area contributed by atoms with Crippen molar-refractivity contribution < 1.29 is 9.47 Å². The van der Waals surface area contributed by atoms with Crippen LogP contribution in [0.5, 0.6) is 11.5 Å². The van der Waals surface area contributed by atoms with Gasteiger partial charge in [0.25, 0.3) is 0 Å². The molecular formula is C23H25N7O2. The van der Waals surface area contributed by atoms with Crippen molar-refractivity contribution in [1.82, 2.24) is 25.9 Å². The van der Waals surface area contributed by atoms with Crippen molar-refractivity contribution in [1.29, 1.82) is 0 Å². The van der Waals surface area contributed by atoms with Crippen LogP contribution in [0.4, 0.5) is 5.69 Å². The van der Waals surface area contributed by atoms with E-state index < -0.39 is 0 Å². The van der Waals surface area contributed by atoms with Crippen LogP contribution in [-0.4, -0.2) is 40.6 Å². The molecule has 5 rings (SSSR count). The average molecular weight is 432 g/mol. The fourth-order valence-electron chi connectivity index (χ4n) is 3.89. The van der Waals surface area contributed by atoms with E-state index in [2.05, 4.69) is 37.0 Å². The molecule has 0 bridgehead atoms. The first kappa shape index (κ1) is 20.1. The summed E-state index contributed by atoms with van der Waals surface area (Å²) in [6.45, 7) is 2.53. The van der Waals surface area contributed by atoms with E-state index >= 15 is 0 Å². The summed E-state index contributed by atoms with van der Waals surface area (Å²) in [5.41, 5.74) is 9.40. The minimum Gasteiger partial charge on any atom is -0.493 e. The normalized spacial score (nSPS) is 19.3. The number of methoxy groups -OCH3 is 1. The fraction of sp³-hybridized carbons (Fsp3) is 0.261. The van der Waals surface area contributed by atoms with Crippen LogP contribution in [0, 0.1) is 0 Å². The molecule has 0 aliphatic carbocycles. The van der Waals surface area contributed by atoms with Crippen LogP contribution in [0.2, 0.25) is 0 Å². The van der Waals surface area contributed by atoms with Crippen LogP contribution < -0.4 is 20.3 Å². The van der Waals surface area contributed by atoms with Gasteiger partial charge in [-0.15, -0.1) is 0 Å². The number of ether oxygens (including phenoxy) is 2. The third-order valence-corrected chi connectivity index (χ3v) is 5.41. The number of fused-ring (bicyclic) bond motifs is 1. The Morgan fingerprint density at radius 3 is 2.94 bits per heavy atom. The van der Waals surface area contributed by atoms with Crippen molar-refractivity contribution in [3.63, 3.8) is 0 Å². The Labute approximate surface area is 185 Å². The first-order valence-electron chi connectivity index (χ1n) is 10.6. The van der Waals surface area contributed by atoms with Crippen molar-refractivity contribution in [2.45, 2.75) is 25.9 Å². The van der Waals surface area contributed by atoms with Gasteiger partial charge in [-0.25, -0.2) is 15.4 Å². The van der Waals surface area contributed by atoms with Crippen LogP contribution in [-0.2, 0) is 0 Å². The Kier molecular flexibility index (Phi) is 5.47. The van der Waals surface area contributed by atoms with Gasteiger partial charge >= 0.3 is 0 Å². The van der Waals surface area contributed by atoms with E-state index in [1.54, 1.807) is 13.3 Å². The zero-order valence-corrected chi connectivity index (χ0v) is 18.0. The Morgan fingerprint density at radius 1 is 1.19 bits per heavy atom. The van der Waals surface area contributed by atoms with E-state index in [1.165, 1.54) is 0 Å². The largest absolute Gasteiger partial charge is 0.493 e. The van der Waals surface area contributed by atoms with Gasteiger partial charge in [0.2, 0.25) is 5.96 Å². The molecule has 0 saturated carbocycles. The number of aromatic nitrogens is 2. The monoisotopic (exact) mass is 431 g/mol. The topological polar surface area (TPSA) is 99.2 Å². The van der Waals surface area contributed by atoms with Gasteiger partial charge in [-0.2, -0.15) is 5.10 Å². The fourth-order valence-corrected chi connectivity index (χ4v) is 3.89. The molecule has 1 fully saturated rings. The Balaban J connectivity index is 1.53. The van der Waals surface area contributed by atoms with Crippen molar-refractivity contribution in [3.05, 3.63) is 60.4 Å². The molecule has 1 saturated heterocycles. The van der Waals surface area contributed by atoms with Crippen LogP contribution >= 0.6 is 0 Å². The Hall–Kier alpha value is -3.85. The van der Waals surface area contributed by atoms with E-state index in [9.17, 15) is 0 Å². The predicted molar refractivity (Wildman–Crippen MR) is 124 cm³/mol. The lowest BCUT2D eigenvalue weighted by Crippen LogP contribution is -2.37. The molecular weight excluding hydrogens is 406 g/mol. The first-order chi connectivity index (χ1) is 15.8. The number of rotatable bonds is 5. The highest BCUT2D eigenvalue weighted by molar-refractivity contribution is 6.02. The first-order valence-corrected chi connectivity index (χ1v) is 10.6. The molecule has 2 aliphatic rings. The number of aromatic amines is 1. The molecule has 9 nitrogen and oxygen atoms in total. The van der Waals surface area contributed by atoms with Crippen LogP contribution in [0.1, 0.15) is 31.5 Å². The van der Waals surface area contributed by atoms with Crippen LogP contribution in [0.15, 0.2) is 64.9 Å². The van der Waals surface area contributed by atoms with Crippen molar-refractivity contribution in [2.24, 2.45) is 9.98 Å². The van der Waals surface area contributed by atoms with Gasteiger partial charge in [0.15, 0.2) is 11.5 Å². The van der Waals surface area contributed by atoms with Gasteiger partial charge in [0, 0.05) is 18.0 Å². The molecule has 0 radical (unpaired) electrons. The lowest BCUT2D eigenvalue weighted by molar-refractivity contribution is 0.309. The minimum atomic E-state index is -0.207. The highest BCUT2D eigenvalue weighted by atomic mass is 16.5. The quantitative estimate of drug-likeness (QED) is 0.569. The molecule has 2 aliphatic heterocycles. The van der Waals surface area contributed by atoms with Crippen molar-refractivity contribution >= 4 is 28.4 Å². The SMILES string of the molecule is CCOc1ccc(C2NNC(=Nc3ccc4[nH]ncc4c3)N2C2=NC=CCC2)cc1OC. The standard InChI is InChI=1S/C23H25N7O2/c1-3-32-19-10-7-15(13-20(19)31-2)22-28-29-23(30(22)21-6-4-5-11-24-21)26-17-8-9-18-16(12-17)14-25-27-18/h5,7-14,22,28H,3-4,6H2,1-2H3,(H,25,27)(H,26,29). The minimum absolute atomic E-state index is 0.207. The van der Waals surface area contributed by atoms with Crippen molar-refractivity contribution in [3.8, 4) is 11.5 Å². The second-order valence-corrected chi connectivity index (χ2v) is 7.43. The summed E-state index contributed by atoms with van der Waals surface area (Å²) in [7, 11) is 1.65. The Morgan fingerprint density at radius 2 is 2.12 bits per heavy atom. The van der Waals surface area contributed by atoms with E-state index in [4.69, 9.17) is 14.5 Å². The Bertz CT molecular complexity index is 1210. The van der Waals surface area contributed by atoms with E-state index in [0.29, 0.717) is 18.3 Å². The smallest absolute Gasteiger partial charge is 0.221 e. The molecule has 1 atom stereocenters. The van der Waals surface area contributed by atoms with Crippen LogP contribution in [0.25, 0.3) is 10.9 Å². The summed E-state index contributed by atoms with van der Waals surface area (Å²) >= 11 is 0. The number of hydrogen-bond donors (Lipinski definition) is 3. The number of allylic oxidation sites excluding steroid dienone is 1. The maximum Gasteiger partial charge on any atom is 0.221 e. The third-order valence-electron chi connectivity index (χ3n) is 5.41. The number of benzene rings is 2. The van der Waals surface area contributed by atoms with E-state index in [-0.39, 0.29) is 6.17 Å². The summed E-state index contributed by atoms with van der Waals surface area (Å²) in [5.74, 6) is 3.02. The molecule has 3 N–H and O–H groups in total. The molecule has 1 unspecified atom stereocenters. The van der Waals surface area contributed by atoms with Crippen LogP contribution in [0.3, 0.4) is 0 Å². The predicted octanol–water partition coefficient (Wildman–Crippen LogP) is 3.77. The second kappa shape index (κ2) is 8.72. The number of guanidine groups is 1. The summed E-state index contributed by atoms with van der Waals surface area (Å²) < 4.78 is 11.2.